The molecule has 0 spiro atoms. The first-order valence-electron chi connectivity index (χ1n) is 6.80. The summed E-state index contributed by atoms with van der Waals surface area (Å²) in [6.45, 7) is 2.12. The maximum absolute atomic E-state index is 9.15. The van der Waals surface area contributed by atoms with Gasteiger partial charge in [0.1, 0.15) is 12.4 Å². The largest absolute Gasteiger partial charge is 0.491 e. The maximum atomic E-state index is 9.15. The second-order valence-corrected chi connectivity index (χ2v) is 4.60. The molecule has 0 unspecified atom stereocenters. The van der Waals surface area contributed by atoms with E-state index >= 15 is 0 Å². The summed E-state index contributed by atoms with van der Waals surface area (Å²) in [6.07, 6.45) is 0. The van der Waals surface area contributed by atoms with Gasteiger partial charge in [0.2, 0.25) is 0 Å². The lowest BCUT2D eigenvalue weighted by Gasteiger charge is -2.09. The van der Waals surface area contributed by atoms with E-state index in [1.54, 1.807) is 19.2 Å². The zero-order valence-corrected chi connectivity index (χ0v) is 12.0. The molecule has 2 N–H and O–H groups in total. The first kappa shape index (κ1) is 15.8. The minimum absolute atomic E-state index is 0.475. The number of hydrogen-bond acceptors (Lipinski definition) is 5. The molecule has 0 aromatic heterocycles. The van der Waals surface area contributed by atoms with Crippen molar-refractivity contribution < 1.29 is 24.3 Å². The molecule has 112 valence electrons. The molecular weight excluding hydrogens is 271 g/mol. The van der Waals surface area contributed by atoms with Crippen molar-refractivity contribution in [1.82, 2.24) is 0 Å². The lowest BCUT2D eigenvalue weighted by Crippen LogP contribution is -2.29. The van der Waals surface area contributed by atoms with Gasteiger partial charge in [0.05, 0.1) is 19.8 Å². The number of fused-ring (bicyclic) bond motifs is 1. The summed E-state index contributed by atoms with van der Waals surface area (Å²) in [5.74, 6) is 0.759. The Hall–Kier alpha value is -1.60. The van der Waals surface area contributed by atoms with Gasteiger partial charge in [-0.15, -0.1) is 0 Å². The van der Waals surface area contributed by atoms with Crippen LogP contribution in [-0.4, -0.2) is 50.7 Å². The van der Waals surface area contributed by atoms with E-state index in [0.717, 1.165) is 16.5 Å². The topological polar surface area (TPSA) is 68.2 Å². The van der Waals surface area contributed by atoms with Crippen molar-refractivity contribution in [2.24, 2.45) is 0 Å². The van der Waals surface area contributed by atoms with Crippen molar-refractivity contribution >= 4 is 23.4 Å². The average molecular weight is 290 g/mol. The third-order valence-electron chi connectivity index (χ3n) is 3.06. The molecule has 0 radical (unpaired) electrons. The van der Waals surface area contributed by atoms with Crippen LogP contribution in [0.1, 0.15) is 0 Å². The summed E-state index contributed by atoms with van der Waals surface area (Å²) < 4.78 is 15.8. The normalized spacial score (nSPS) is 10.8. The van der Waals surface area contributed by atoms with E-state index < -0.39 is 7.12 Å². The Morgan fingerprint density at radius 3 is 2.38 bits per heavy atom. The van der Waals surface area contributed by atoms with Gasteiger partial charge in [0, 0.05) is 7.11 Å². The molecule has 21 heavy (non-hydrogen) atoms. The van der Waals surface area contributed by atoms with Crippen LogP contribution in [0.4, 0.5) is 0 Å². The molecule has 5 nitrogen and oxygen atoms in total. The molecule has 2 aromatic carbocycles. The Kier molecular flexibility index (Phi) is 6.01. The highest BCUT2D eigenvalue weighted by molar-refractivity contribution is 6.58. The lowest BCUT2D eigenvalue weighted by atomic mass is 9.79. The van der Waals surface area contributed by atoms with Crippen LogP contribution in [-0.2, 0) is 9.47 Å². The summed E-state index contributed by atoms with van der Waals surface area (Å²) in [6, 6.07) is 10.9. The van der Waals surface area contributed by atoms with E-state index in [4.69, 9.17) is 24.3 Å². The second-order valence-electron chi connectivity index (χ2n) is 4.60. The molecule has 0 amide bonds. The predicted octanol–water partition coefficient (Wildman–Crippen LogP) is 0.561. The molecule has 0 atom stereocenters. The summed E-state index contributed by atoms with van der Waals surface area (Å²) in [7, 11) is 0.186. The van der Waals surface area contributed by atoms with Crippen LogP contribution >= 0.6 is 0 Å². The standard InChI is InChI=1S/C15H19BO5/c1-19-6-7-20-8-9-21-15-5-3-12-10-14(16(17)18)4-2-13(12)11-15/h2-5,10-11,17-18H,6-9H2,1H3. The first-order chi connectivity index (χ1) is 10.2. The Bertz CT molecular complexity index is 573. The Morgan fingerprint density at radius 1 is 0.905 bits per heavy atom. The zero-order valence-electron chi connectivity index (χ0n) is 12.0. The van der Waals surface area contributed by atoms with Gasteiger partial charge in [-0.3, -0.25) is 0 Å². The van der Waals surface area contributed by atoms with Crippen molar-refractivity contribution in [2.75, 3.05) is 33.5 Å². The minimum Gasteiger partial charge on any atom is -0.491 e. The Labute approximate surface area is 124 Å². The number of ether oxygens (including phenoxy) is 3. The molecule has 0 saturated carbocycles. The third kappa shape index (κ3) is 4.72. The summed E-state index contributed by atoms with van der Waals surface area (Å²) in [5, 5.41) is 20.2. The predicted molar refractivity (Wildman–Crippen MR) is 82.0 cm³/mol. The second kappa shape index (κ2) is 8.00. The number of hydrogen-bond donors (Lipinski definition) is 2. The molecule has 0 aliphatic heterocycles. The molecule has 0 aliphatic carbocycles. The lowest BCUT2D eigenvalue weighted by molar-refractivity contribution is 0.0544. The SMILES string of the molecule is COCCOCCOc1ccc2cc(B(O)O)ccc2c1. The average Bonchev–Trinajstić information content (AvgIpc) is 2.50. The quantitative estimate of drug-likeness (QED) is 0.549. The van der Waals surface area contributed by atoms with Gasteiger partial charge in [-0.05, 0) is 28.4 Å². The van der Waals surface area contributed by atoms with E-state index in [9.17, 15) is 0 Å². The van der Waals surface area contributed by atoms with Gasteiger partial charge in [-0.25, -0.2) is 0 Å². The first-order valence-corrected chi connectivity index (χ1v) is 6.80. The molecule has 0 bridgehead atoms. The van der Waals surface area contributed by atoms with E-state index in [-0.39, 0.29) is 0 Å². The molecule has 0 fully saturated rings. The van der Waals surface area contributed by atoms with E-state index in [1.807, 2.05) is 24.3 Å². The van der Waals surface area contributed by atoms with Gasteiger partial charge in [0.25, 0.3) is 0 Å². The minimum atomic E-state index is -1.45. The summed E-state index contributed by atoms with van der Waals surface area (Å²) >= 11 is 0. The van der Waals surface area contributed by atoms with Crippen LogP contribution in [0.5, 0.6) is 5.75 Å². The van der Waals surface area contributed by atoms with Crippen molar-refractivity contribution in [3.63, 3.8) is 0 Å². The van der Waals surface area contributed by atoms with Gasteiger partial charge in [-0.2, -0.15) is 0 Å². The van der Waals surface area contributed by atoms with Crippen molar-refractivity contribution in [1.29, 1.82) is 0 Å². The Balaban J connectivity index is 1.91. The van der Waals surface area contributed by atoms with E-state index in [0.29, 0.717) is 31.9 Å². The van der Waals surface area contributed by atoms with Gasteiger partial charge >= 0.3 is 7.12 Å². The van der Waals surface area contributed by atoms with Crippen LogP contribution in [0.15, 0.2) is 36.4 Å². The zero-order chi connectivity index (χ0) is 15.1. The van der Waals surface area contributed by atoms with Crippen molar-refractivity contribution in [3.8, 4) is 5.75 Å². The van der Waals surface area contributed by atoms with Crippen LogP contribution in [0.2, 0.25) is 0 Å². The highest BCUT2D eigenvalue weighted by atomic mass is 16.5. The molecule has 0 saturated heterocycles. The number of rotatable bonds is 8. The summed E-state index contributed by atoms with van der Waals surface area (Å²) in [5.41, 5.74) is 0.475. The van der Waals surface area contributed by atoms with Crippen LogP contribution in [0, 0.1) is 0 Å². The number of benzene rings is 2. The van der Waals surface area contributed by atoms with Crippen LogP contribution < -0.4 is 10.2 Å². The third-order valence-corrected chi connectivity index (χ3v) is 3.06. The fourth-order valence-electron chi connectivity index (χ4n) is 1.96. The van der Waals surface area contributed by atoms with Crippen LogP contribution in [0.3, 0.4) is 0 Å². The van der Waals surface area contributed by atoms with Crippen molar-refractivity contribution in [2.45, 2.75) is 0 Å². The van der Waals surface area contributed by atoms with Gasteiger partial charge in [0.15, 0.2) is 0 Å². The highest BCUT2D eigenvalue weighted by Crippen LogP contribution is 2.20. The molecule has 0 heterocycles. The van der Waals surface area contributed by atoms with Gasteiger partial charge < -0.3 is 24.3 Å². The molecular formula is C15H19BO5. The Morgan fingerprint density at radius 2 is 1.62 bits per heavy atom. The van der Waals surface area contributed by atoms with E-state index in [2.05, 4.69) is 0 Å². The molecule has 2 rings (SSSR count). The van der Waals surface area contributed by atoms with Crippen molar-refractivity contribution in [3.05, 3.63) is 36.4 Å². The van der Waals surface area contributed by atoms with Crippen LogP contribution in [0.25, 0.3) is 10.8 Å². The van der Waals surface area contributed by atoms with Gasteiger partial charge in [-0.1, -0.05) is 24.3 Å². The molecule has 2 aromatic rings. The summed E-state index contributed by atoms with van der Waals surface area (Å²) in [4.78, 5) is 0. The maximum Gasteiger partial charge on any atom is 0.488 e. The fourth-order valence-corrected chi connectivity index (χ4v) is 1.96. The fraction of sp³-hybridized carbons (Fsp3) is 0.333. The monoisotopic (exact) mass is 290 g/mol. The number of methoxy groups -OCH3 is 1. The molecule has 0 aliphatic rings. The highest BCUT2D eigenvalue weighted by Gasteiger charge is 2.10. The molecule has 6 heteroatoms. The smallest absolute Gasteiger partial charge is 0.488 e. The van der Waals surface area contributed by atoms with E-state index in [1.165, 1.54) is 0 Å².